The molecule has 1 unspecified atom stereocenters. The molecule has 6 nitrogen and oxygen atoms in total. The van der Waals surface area contributed by atoms with E-state index in [9.17, 15) is 9.59 Å². The number of aromatic nitrogens is 4. The first kappa shape index (κ1) is 14.6. The maximum absolute atomic E-state index is 12.9. The predicted octanol–water partition coefficient (Wildman–Crippen LogP) is 2.04. The zero-order valence-electron chi connectivity index (χ0n) is 13.4. The first-order valence-corrected chi connectivity index (χ1v) is 7.73. The van der Waals surface area contributed by atoms with Crippen LogP contribution in [0.4, 0.5) is 0 Å². The highest BCUT2D eigenvalue weighted by atomic mass is 16.1. The first-order valence-electron chi connectivity index (χ1n) is 7.73. The molecule has 0 radical (unpaired) electrons. The third-order valence-corrected chi connectivity index (χ3v) is 4.62. The summed E-state index contributed by atoms with van der Waals surface area (Å²) in [4.78, 5) is 25.1. The molecule has 0 amide bonds. The van der Waals surface area contributed by atoms with Gasteiger partial charge in [0.15, 0.2) is 5.69 Å². The van der Waals surface area contributed by atoms with Crippen LogP contribution in [0.3, 0.4) is 0 Å². The average Bonchev–Trinajstić information content (AvgIpc) is 3.05. The zero-order chi connectivity index (χ0) is 16.9. The van der Waals surface area contributed by atoms with Crippen LogP contribution in [-0.2, 0) is 12.6 Å². The molecule has 2 heterocycles. The Hall–Kier alpha value is -3.02. The summed E-state index contributed by atoms with van der Waals surface area (Å²) in [6.45, 7) is 2.04. The van der Waals surface area contributed by atoms with Crippen LogP contribution in [0.1, 0.15) is 29.4 Å². The van der Waals surface area contributed by atoms with Gasteiger partial charge >= 0.3 is 0 Å². The van der Waals surface area contributed by atoms with Crippen molar-refractivity contribution in [1.29, 1.82) is 0 Å². The molecule has 4 rings (SSSR count). The van der Waals surface area contributed by atoms with Crippen molar-refractivity contribution in [2.24, 2.45) is 7.05 Å². The molecule has 0 bridgehead atoms. The Bertz CT molecular complexity index is 1060. The van der Waals surface area contributed by atoms with Crippen LogP contribution in [-0.4, -0.2) is 25.3 Å². The molecule has 0 aliphatic heterocycles. The summed E-state index contributed by atoms with van der Waals surface area (Å²) in [5.74, 6) is -0.230. The molecule has 120 valence electrons. The molecular weight excluding hydrogens is 304 g/mol. The summed E-state index contributed by atoms with van der Waals surface area (Å²) in [5.41, 5.74) is 0.411. The normalized spacial score (nSPS) is 19.4. The highest BCUT2D eigenvalue weighted by Crippen LogP contribution is 2.30. The maximum atomic E-state index is 12.9. The lowest BCUT2D eigenvalue weighted by Crippen LogP contribution is -2.32. The standard InChI is InChI=1S/C18H16N4O2/c1-18(8-4-9-18)22-11-15(19-20-22)16(23)13-5-3-6-14-12(13)7-10-21(2)17(14)24/h3-8,10-11H,9H2,1-2H3. The van der Waals surface area contributed by atoms with Gasteiger partial charge in [0.1, 0.15) is 0 Å². The van der Waals surface area contributed by atoms with Gasteiger partial charge in [0.25, 0.3) is 5.56 Å². The monoisotopic (exact) mass is 320 g/mol. The van der Waals surface area contributed by atoms with E-state index in [0.29, 0.717) is 16.3 Å². The third-order valence-electron chi connectivity index (χ3n) is 4.62. The largest absolute Gasteiger partial charge is 0.318 e. The Morgan fingerprint density at radius 1 is 1.25 bits per heavy atom. The minimum absolute atomic E-state index is 0.127. The summed E-state index contributed by atoms with van der Waals surface area (Å²) < 4.78 is 3.21. The second-order valence-corrected chi connectivity index (χ2v) is 6.34. The van der Waals surface area contributed by atoms with Crippen molar-refractivity contribution in [1.82, 2.24) is 19.6 Å². The van der Waals surface area contributed by atoms with Gasteiger partial charge in [-0.3, -0.25) is 9.59 Å². The van der Waals surface area contributed by atoms with Crippen molar-refractivity contribution in [2.75, 3.05) is 0 Å². The quantitative estimate of drug-likeness (QED) is 0.547. The Balaban J connectivity index is 1.81. The number of benzene rings is 1. The van der Waals surface area contributed by atoms with E-state index in [4.69, 9.17) is 0 Å². The summed E-state index contributed by atoms with van der Waals surface area (Å²) >= 11 is 0. The number of fused-ring (bicyclic) bond motifs is 1. The molecular formula is C18H16N4O2. The van der Waals surface area contributed by atoms with Crippen LogP contribution in [0.15, 0.2) is 53.6 Å². The van der Waals surface area contributed by atoms with Crippen molar-refractivity contribution in [3.8, 4) is 0 Å². The van der Waals surface area contributed by atoms with Crippen LogP contribution in [0, 0.1) is 0 Å². The fourth-order valence-electron chi connectivity index (χ4n) is 2.96. The van der Waals surface area contributed by atoms with E-state index in [-0.39, 0.29) is 22.6 Å². The van der Waals surface area contributed by atoms with E-state index < -0.39 is 0 Å². The van der Waals surface area contributed by atoms with Crippen LogP contribution in [0.2, 0.25) is 0 Å². The Morgan fingerprint density at radius 3 is 2.75 bits per heavy atom. The minimum Gasteiger partial charge on any atom is -0.318 e. The average molecular weight is 320 g/mol. The molecule has 1 atom stereocenters. The second kappa shape index (κ2) is 4.99. The van der Waals surface area contributed by atoms with Gasteiger partial charge in [0, 0.05) is 24.2 Å². The summed E-state index contributed by atoms with van der Waals surface area (Å²) in [7, 11) is 1.69. The molecule has 0 fully saturated rings. The fraction of sp³-hybridized carbons (Fsp3) is 0.222. The number of aryl methyl sites for hydroxylation is 1. The first-order chi connectivity index (χ1) is 11.5. The Kier molecular flexibility index (Phi) is 3.03. The molecule has 0 saturated carbocycles. The number of hydrogen-bond donors (Lipinski definition) is 0. The number of rotatable bonds is 3. The summed E-state index contributed by atoms with van der Waals surface area (Å²) in [6, 6.07) is 6.95. The van der Waals surface area contributed by atoms with Gasteiger partial charge in [-0.1, -0.05) is 29.5 Å². The van der Waals surface area contributed by atoms with Crippen LogP contribution in [0.5, 0.6) is 0 Å². The molecule has 6 heteroatoms. The van der Waals surface area contributed by atoms with Gasteiger partial charge in [-0.15, -0.1) is 5.10 Å². The van der Waals surface area contributed by atoms with E-state index in [2.05, 4.69) is 16.4 Å². The number of nitrogens with zero attached hydrogens (tertiary/aromatic N) is 4. The highest BCUT2D eigenvalue weighted by molar-refractivity contribution is 6.15. The van der Waals surface area contributed by atoms with Crippen molar-refractivity contribution in [3.63, 3.8) is 0 Å². The fourth-order valence-corrected chi connectivity index (χ4v) is 2.96. The highest BCUT2D eigenvalue weighted by Gasteiger charge is 2.30. The van der Waals surface area contributed by atoms with Crippen molar-refractivity contribution in [3.05, 3.63) is 70.4 Å². The van der Waals surface area contributed by atoms with Gasteiger partial charge in [-0.2, -0.15) is 0 Å². The van der Waals surface area contributed by atoms with Gasteiger partial charge < -0.3 is 4.57 Å². The molecule has 0 spiro atoms. The van der Waals surface area contributed by atoms with E-state index >= 15 is 0 Å². The molecule has 0 saturated heterocycles. The summed E-state index contributed by atoms with van der Waals surface area (Å²) in [6.07, 6.45) is 8.31. The molecule has 24 heavy (non-hydrogen) atoms. The van der Waals surface area contributed by atoms with Crippen molar-refractivity contribution >= 4 is 16.6 Å². The van der Waals surface area contributed by atoms with E-state index in [1.165, 1.54) is 4.57 Å². The number of carbonyl (C=O) groups is 1. The predicted molar refractivity (Wildman–Crippen MR) is 90.0 cm³/mol. The van der Waals surface area contributed by atoms with Gasteiger partial charge in [0.2, 0.25) is 5.78 Å². The minimum atomic E-state index is -0.230. The molecule has 2 aromatic heterocycles. The molecule has 3 aromatic rings. The zero-order valence-corrected chi connectivity index (χ0v) is 13.4. The molecule has 1 aliphatic carbocycles. The topological polar surface area (TPSA) is 69.8 Å². The third kappa shape index (κ3) is 2.03. The SMILES string of the molecule is Cn1ccc2c(C(=O)c3cn(C4(C)C=CC4)nn3)cccc2c1=O. The Morgan fingerprint density at radius 2 is 2.04 bits per heavy atom. The van der Waals surface area contributed by atoms with E-state index in [0.717, 1.165) is 6.42 Å². The lowest BCUT2D eigenvalue weighted by molar-refractivity contribution is 0.103. The molecule has 1 aliphatic rings. The van der Waals surface area contributed by atoms with Crippen LogP contribution >= 0.6 is 0 Å². The second-order valence-electron chi connectivity index (χ2n) is 6.34. The van der Waals surface area contributed by atoms with Crippen molar-refractivity contribution < 1.29 is 4.79 Å². The Labute approximate surface area is 138 Å². The molecule has 1 aromatic carbocycles. The van der Waals surface area contributed by atoms with Crippen molar-refractivity contribution in [2.45, 2.75) is 18.9 Å². The number of ketones is 1. The lowest BCUT2D eigenvalue weighted by atomic mass is 9.88. The number of pyridine rings is 1. The number of carbonyl (C=O) groups excluding carboxylic acids is 1. The van der Waals surface area contributed by atoms with Gasteiger partial charge in [-0.05, 0) is 30.9 Å². The lowest BCUT2D eigenvalue weighted by Gasteiger charge is -2.30. The molecule has 0 N–H and O–H groups in total. The number of hydrogen-bond acceptors (Lipinski definition) is 4. The number of allylic oxidation sites excluding steroid dienone is 2. The smallest absolute Gasteiger partial charge is 0.258 e. The maximum Gasteiger partial charge on any atom is 0.258 e. The van der Waals surface area contributed by atoms with E-state index in [1.54, 1.807) is 48.4 Å². The van der Waals surface area contributed by atoms with Crippen LogP contribution < -0.4 is 5.56 Å². The van der Waals surface area contributed by atoms with Crippen LogP contribution in [0.25, 0.3) is 10.8 Å². The van der Waals surface area contributed by atoms with Gasteiger partial charge in [-0.25, -0.2) is 4.68 Å². The van der Waals surface area contributed by atoms with Gasteiger partial charge in [0.05, 0.1) is 11.7 Å². The summed E-state index contributed by atoms with van der Waals surface area (Å²) in [5, 5.41) is 9.29. The van der Waals surface area contributed by atoms with E-state index in [1.807, 2.05) is 13.0 Å².